The number of rotatable bonds is 9. The molecule has 0 aliphatic heterocycles. The highest BCUT2D eigenvalue weighted by Crippen LogP contribution is 2.24. The van der Waals surface area contributed by atoms with Crippen molar-refractivity contribution in [3.63, 3.8) is 0 Å². The lowest BCUT2D eigenvalue weighted by Gasteiger charge is -2.13. The quantitative estimate of drug-likeness (QED) is 0.596. The monoisotopic (exact) mass is 239 g/mol. The average Bonchev–Trinajstić information content (AvgIpc) is 2.20. The summed E-state index contributed by atoms with van der Waals surface area (Å²) in [6, 6.07) is 0. The number of hydrogen-bond acceptors (Lipinski definition) is 1. The van der Waals surface area contributed by atoms with Gasteiger partial charge in [0.2, 0.25) is 0 Å². The van der Waals surface area contributed by atoms with Gasteiger partial charge in [-0.05, 0) is 6.42 Å². The Morgan fingerprint density at radius 1 is 0.875 bits per heavy atom. The molecule has 0 saturated heterocycles. The van der Waals surface area contributed by atoms with Crippen LogP contribution in [-0.2, 0) is 0 Å². The fourth-order valence-corrected chi connectivity index (χ4v) is 1.56. The third kappa shape index (κ3) is 9.01. The summed E-state index contributed by atoms with van der Waals surface area (Å²) < 4.78 is 35.7. The van der Waals surface area contributed by atoms with Crippen LogP contribution in [-0.4, -0.2) is 17.4 Å². The molecule has 0 aliphatic rings. The van der Waals surface area contributed by atoms with Gasteiger partial charge in [0.25, 0.3) is 0 Å². The third-order valence-corrected chi connectivity index (χ3v) is 2.61. The first kappa shape index (κ1) is 15.8. The predicted octanol–water partition coefficient (Wildman–Crippen LogP) is 4.25. The number of hydrogen-bond donors (Lipinski definition) is 1. The van der Waals surface area contributed by atoms with Crippen LogP contribution in [0.5, 0.6) is 0 Å². The van der Waals surface area contributed by atoms with Crippen LogP contribution in [0.15, 0.2) is 0 Å². The molecule has 0 aromatic carbocycles. The molecule has 1 nitrogen and oxygen atoms in total. The lowest BCUT2D eigenvalue weighted by atomic mass is 10.1. The molecule has 0 bridgehead atoms. The molecule has 0 fully saturated rings. The zero-order valence-electron chi connectivity index (χ0n) is 9.73. The van der Waals surface area contributed by atoms with Crippen molar-refractivity contribution in [2.45, 2.75) is 70.1 Å². The normalized spacial score (nSPS) is 14.1. The minimum atomic E-state index is -4.45. The van der Waals surface area contributed by atoms with Crippen LogP contribution < -0.4 is 0 Å². The van der Waals surface area contributed by atoms with Gasteiger partial charge in [-0.25, -0.2) is 0 Å². The highest BCUT2D eigenvalue weighted by atomic mass is 19.4. The second kappa shape index (κ2) is 8.85. The standard InChI is InChI=1S/C12H22F3O/c1-2-3-4-5-6-7-8-9-10-11(16)12(13,14)15/h11,16H,1-10H2. The van der Waals surface area contributed by atoms with Gasteiger partial charge in [-0.15, -0.1) is 0 Å². The van der Waals surface area contributed by atoms with E-state index >= 15 is 0 Å². The molecular weight excluding hydrogens is 217 g/mol. The average molecular weight is 239 g/mol. The Morgan fingerprint density at radius 3 is 1.75 bits per heavy atom. The van der Waals surface area contributed by atoms with Crippen LogP contribution in [0.4, 0.5) is 13.2 Å². The summed E-state index contributed by atoms with van der Waals surface area (Å²) in [5.41, 5.74) is 0. The van der Waals surface area contributed by atoms with Crippen molar-refractivity contribution < 1.29 is 18.3 Å². The molecule has 1 N–H and O–H groups in total. The molecule has 0 heterocycles. The molecule has 1 radical (unpaired) electrons. The van der Waals surface area contributed by atoms with E-state index in [4.69, 9.17) is 5.11 Å². The van der Waals surface area contributed by atoms with E-state index in [1.807, 2.05) is 0 Å². The van der Waals surface area contributed by atoms with Crippen molar-refractivity contribution in [1.82, 2.24) is 0 Å². The molecule has 0 spiro atoms. The molecular formula is C12H22F3O. The first-order chi connectivity index (χ1) is 7.48. The summed E-state index contributed by atoms with van der Waals surface area (Å²) in [5, 5.41) is 8.73. The van der Waals surface area contributed by atoms with Crippen LogP contribution in [0.1, 0.15) is 57.8 Å². The van der Waals surface area contributed by atoms with E-state index in [-0.39, 0.29) is 6.42 Å². The van der Waals surface area contributed by atoms with Gasteiger partial charge in [-0.2, -0.15) is 13.2 Å². The Hall–Kier alpha value is -0.250. The molecule has 16 heavy (non-hydrogen) atoms. The van der Waals surface area contributed by atoms with Gasteiger partial charge in [0.05, 0.1) is 0 Å². The number of halogens is 3. The lowest BCUT2D eigenvalue weighted by molar-refractivity contribution is -0.205. The van der Waals surface area contributed by atoms with Crippen molar-refractivity contribution in [1.29, 1.82) is 0 Å². The zero-order valence-corrected chi connectivity index (χ0v) is 9.73. The molecule has 0 aromatic heterocycles. The Bertz CT molecular complexity index is 157. The van der Waals surface area contributed by atoms with E-state index in [2.05, 4.69) is 6.92 Å². The molecule has 4 heteroatoms. The largest absolute Gasteiger partial charge is 0.414 e. The molecule has 97 valence electrons. The minimum absolute atomic E-state index is 0.164. The Kier molecular flexibility index (Phi) is 8.71. The second-order valence-electron chi connectivity index (χ2n) is 4.17. The smallest absolute Gasteiger partial charge is 0.384 e. The van der Waals surface area contributed by atoms with Gasteiger partial charge in [0.15, 0.2) is 0 Å². The number of aliphatic hydroxyl groups excluding tert-OH is 1. The van der Waals surface area contributed by atoms with Crippen molar-refractivity contribution in [3.8, 4) is 0 Å². The van der Waals surface area contributed by atoms with Crippen LogP contribution in [0.25, 0.3) is 0 Å². The predicted molar refractivity (Wildman–Crippen MR) is 59.0 cm³/mol. The summed E-state index contributed by atoms with van der Waals surface area (Å²) in [5.74, 6) is 0. The molecule has 0 rings (SSSR count). The summed E-state index contributed by atoms with van der Waals surface area (Å²) in [7, 11) is 0. The molecule has 1 atom stereocenters. The fraction of sp³-hybridized carbons (Fsp3) is 0.917. The highest BCUT2D eigenvalue weighted by Gasteiger charge is 2.37. The van der Waals surface area contributed by atoms with E-state index in [0.29, 0.717) is 6.42 Å². The van der Waals surface area contributed by atoms with Crippen molar-refractivity contribution >= 4 is 0 Å². The zero-order chi connectivity index (χ0) is 12.4. The van der Waals surface area contributed by atoms with Crippen molar-refractivity contribution in [2.24, 2.45) is 0 Å². The van der Waals surface area contributed by atoms with Gasteiger partial charge in [0.1, 0.15) is 6.10 Å². The SMILES string of the molecule is [CH2]CCCCCCCCCC(O)C(F)(F)F. The van der Waals surface area contributed by atoms with Crippen LogP contribution in [0, 0.1) is 6.92 Å². The van der Waals surface area contributed by atoms with Gasteiger partial charge in [-0.1, -0.05) is 58.3 Å². The van der Waals surface area contributed by atoms with Crippen LogP contribution in [0.2, 0.25) is 0 Å². The summed E-state index contributed by atoms with van der Waals surface area (Å²) in [4.78, 5) is 0. The Labute approximate surface area is 96.0 Å². The van der Waals surface area contributed by atoms with E-state index in [0.717, 1.165) is 44.9 Å². The first-order valence-electron chi connectivity index (χ1n) is 6.02. The number of unbranched alkanes of at least 4 members (excludes halogenated alkanes) is 7. The van der Waals surface area contributed by atoms with Gasteiger partial charge < -0.3 is 5.11 Å². The lowest BCUT2D eigenvalue weighted by Crippen LogP contribution is -2.28. The molecule has 0 amide bonds. The molecule has 1 unspecified atom stereocenters. The summed E-state index contributed by atoms with van der Waals surface area (Å²) in [6.45, 7) is 3.74. The minimum Gasteiger partial charge on any atom is -0.384 e. The van der Waals surface area contributed by atoms with Gasteiger partial charge in [-0.3, -0.25) is 0 Å². The first-order valence-corrected chi connectivity index (χ1v) is 6.02. The molecule has 0 aliphatic carbocycles. The van der Waals surface area contributed by atoms with E-state index in [9.17, 15) is 13.2 Å². The molecule has 0 aromatic rings. The second-order valence-corrected chi connectivity index (χ2v) is 4.17. The van der Waals surface area contributed by atoms with E-state index in [1.165, 1.54) is 0 Å². The Morgan fingerprint density at radius 2 is 1.31 bits per heavy atom. The third-order valence-electron chi connectivity index (χ3n) is 2.61. The van der Waals surface area contributed by atoms with Crippen LogP contribution in [0.3, 0.4) is 0 Å². The topological polar surface area (TPSA) is 20.2 Å². The van der Waals surface area contributed by atoms with Crippen molar-refractivity contribution in [2.75, 3.05) is 0 Å². The molecule has 0 saturated carbocycles. The van der Waals surface area contributed by atoms with Crippen LogP contribution >= 0.6 is 0 Å². The maximum atomic E-state index is 11.9. The van der Waals surface area contributed by atoms with Gasteiger partial charge >= 0.3 is 6.18 Å². The summed E-state index contributed by atoms with van der Waals surface area (Å²) in [6.07, 6.45) is 0.892. The maximum absolute atomic E-state index is 11.9. The van der Waals surface area contributed by atoms with E-state index < -0.39 is 12.3 Å². The number of alkyl halides is 3. The van der Waals surface area contributed by atoms with Crippen molar-refractivity contribution in [3.05, 3.63) is 6.92 Å². The number of aliphatic hydroxyl groups is 1. The Balaban J connectivity index is 3.21. The van der Waals surface area contributed by atoms with Gasteiger partial charge in [0, 0.05) is 0 Å². The summed E-state index contributed by atoms with van der Waals surface area (Å²) >= 11 is 0. The van der Waals surface area contributed by atoms with E-state index in [1.54, 1.807) is 0 Å². The maximum Gasteiger partial charge on any atom is 0.414 e. The fourth-order valence-electron chi connectivity index (χ4n) is 1.56. The highest BCUT2D eigenvalue weighted by molar-refractivity contribution is 4.64.